The normalized spacial score (nSPS) is 14.1. The molecule has 3 nitrogen and oxygen atoms in total. The molecule has 0 aliphatic heterocycles. The molecule has 2 aromatic rings. The molecule has 0 heterocycles. The Bertz CT molecular complexity index is 619. The lowest BCUT2D eigenvalue weighted by molar-refractivity contribution is 0.0131. The minimum Gasteiger partial charge on any atom is -0.388 e. The van der Waals surface area contributed by atoms with Gasteiger partial charge >= 0.3 is 0 Å². The molecule has 2 rings (SSSR count). The number of hydrogen-bond donors (Lipinski definition) is 1. The van der Waals surface area contributed by atoms with Crippen molar-refractivity contribution in [3.05, 3.63) is 71.8 Å². The molecule has 2 aromatic carbocycles. The van der Waals surface area contributed by atoms with Crippen LogP contribution in [0.3, 0.4) is 0 Å². The number of nitrogens with zero attached hydrogens (tertiary/aromatic N) is 1. The molecule has 0 spiro atoms. The second kappa shape index (κ2) is 11.2. The maximum absolute atomic E-state index is 10.4. The summed E-state index contributed by atoms with van der Waals surface area (Å²) in [5.41, 5.74) is 2.15. The Labute approximate surface area is 165 Å². The van der Waals surface area contributed by atoms with E-state index in [4.69, 9.17) is 4.74 Å². The molecule has 0 aromatic heterocycles. The van der Waals surface area contributed by atoms with Crippen LogP contribution in [-0.2, 0) is 4.74 Å². The summed E-state index contributed by atoms with van der Waals surface area (Å²) >= 11 is 0. The highest BCUT2D eigenvalue weighted by atomic mass is 16.5. The Morgan fingerprint density at radius 1 is 0.778 bits per heavy atom. The summed E-state index contributed by atoms with van der Waals surface area (Å²) in [6.07, 6.45) is 1.12. The number of aliphatic hydroxyl groups excluding tert-OH is 1. The molecule has 3 heteroatoms. The van der Waals surface area contributed by atoms with E-state index in [2.05, 4.69) is 56.9 Å². The summed E-state index contributed by atoms with van der Waals surface area (Å²) in [6, 6.07) is 21.3. The lowest BCUT2D eigenvalue weighted by atomic mass is 10.0. The first-order valence-corrected chi connectivity index (χ1v) is 10.1. The van der Waals surface area contributed by atoms with Crippen molar-refractivity contribution in [3.63, 3.8) is 0 Å². The molecular weight excluding hydrogens is 334 g/mol. The van der Waals surface area contributed by atoms with Crippen molar-refractivity contribution in [1.29, 1.82) is 0 Å². The third-order valence-corrected chi connectivity index (χ3v) is 5.04. The molecule has 0 aliphatic carbocycles. The van der Waals surface area contributed by atoms with E-state index in [9.17, 15) is 5.11 Å². The largest absolute Gasteiger partial charge is 0.388 e. The van der Waals surface area contributed by atoms with Crippen LogP contribution in [0.15, 0.2) is 60.7 Å². The van der Waals surface area contributed by atoms with Crippen LogP contribution in [0.1, 0.15) is 63.9 Å². The number of hydrogen-bond acceptors (Lipinski definition) is 3. The lowest BCUT2D eigenvalue weighted by Crippen LogP contribution is -2.38. The van der Waals surface area contributed by atoms with Crippen LogP contribution in [-0.4, -0.2) is 35.2 Å². The van der Waals surface area contributed by atoms with E-state index >= 15 is 0 Å². The maximum atomic E-state index is 10.4. The molecule has 1 N–H and O–H groups in total. The number of ether oxygens (including phenoxy) is 1. The summed E-state index contributed by atoms with van der Waals surface area (Å²) in [6.45, 7) is 10.5. The van der Waals surface area contributed by atoms with Crippen molar-refractivity contribution < 1.29 is 9.84 Å². The van der Waals surface area contributed by atoms with Crippen molar-refractivity contribution in [3.8, 4) is 0 Å². The quantitative estimate of drug-likeness (QED) is 0.577. The number of benzene rings is 2. The monoisotopic (exact) mass is 369 g/mol. The van der Waals surface area contributed by atoms with Gasteiger partial charge in [-0.2, -0.15) is 0 Å². The molecule has 0 saturated heterocycles. The number of rotatable bonds is 11. The average Bonchev–Trinajstić information content (AvgIpc) is 2.67. The van der Waals surface area contributed by atoms with Gasteiger partial charge in [0, 0.05) is 25.0 Å². The van der Waals surface area contributed by atoms with Gasteiger partial charge in [0.05, 0.1) is 18.8 Å². The second-order valence-corrected chi connectivity index (χ2v) is 7.70. The van der Waals surface area contributed by atoms with Crippen LogP contribution in [0.2, 0.25) is 0 Å². The van der Waals surface area contributed by atoms with Crippen LogP contribution in [0.4, 0.5) is 0 Å². The second-order valence-electron chi connectivity index (χ2n) is 7.70. The van der Waals surface area contributed by atoms with Gasteiger partial charge in [-0.3, -0.25) is 4.90 Å². The molecule has 2 atom stereocenters. The van der Waals surface area contributed by atoms with E-state index in [1.807, 2.05) is 36.4 Å². The Kier molecular flexibility index (Phi) is 8.99. The predicted molar refractivity (Wildman–Crippen MR) is 113 cm³/mol. The Morgan fingerprint density at radius 3 is 1.81 bits per heavy atom. The van der Waals surface area contributed by atoms with Gasteiger partial charge in [-0.15, -0.1) is 0 Å². The summed E-state index contributed by atoms with van der Waals surface area (Å²) in [5.74, 6) is 0. The van der Waals surface area contributed by atoms with Crippen molar-refractivity contribution in [2.75, 3.05) is 13.2 Å². The van der Waals surface area contributed by atoms with E-state index in [1.54, 1.807) is 0 Å². The first-order valence-electron chi connectivity index (χ1n) is 10.1. The van der Waals surface area contributed by atoms with Crippen LogP contribution in [0.25, 0.3) is 0 Å². The molecule has 2 unspecified atom stereocenters. The summed E-state index contributed by atoms with van der Waals surface area (Å²) in [7, 11) is 0. The molecule has 27 heavy (non-hydrogen) atoms. The topological polar surface area (TPSA) is 32.7 Å². The van der Waals surface area contributed by atoms with Gasteiger partial charge in [-0.25, -0.2) is 0 Å². The molecule has 0 bridgehead atoms. The lowest BCUT2D eigenvalue weighted by Gasteiger charge is -2.32. The van der Waals surface area contributed by atoms with Crippen LogP contribution >= 0.6 is 0 Å². The van der Waals surface area contributed by atoms with Gasteiger partial charge in [0.2, 0.25) is 0 Å². The minimum absolute atomic E-state index is 0.0502. The van der Waals surface area contributed by atoms with Crippen molar-refractivity contribution in [2.24, 2.45) is 0 Å². The van der Waals surface area contributed by atoms with Crippen molar-refractivity contribution in [2.45, 2.75) is 64.8 Å². The maximum Gasteiger partial charge on any atom is 0.0837 e. The molecule has 148 valence electrons. The minimum atomic E-state index is -0.481. The van der Waals surface area contributed by atoms with Gasteiger partial charge in [0.1, 0.15) is 0 Å². The fourth-order valence-corrected chi connectivity index (χ4v) is 3.56. The molecule has 0 radical (unpaired) electrons. The predicted octanol–water partition coefficient (Wildman–Crippen LogP) is 5.38. The van der Waals surface area contributed by atoms with E-state index < -0.39 is 6.10 Å². The fourth-order valence-electron chi connectivity index (χ4n) is 3.56. The van der Waals surface area contributed by atoms with Gasteiger partial charge in [0.25, 0.3) is 0 Å². The summed E-state index contributed by atoms with van der Waals surface area (Å²) < 4.78 is 6.24. The highest BCUT2D eigenvalue weighted by Crippen LogP contribution is 2.24. The van der Waals surface area contributed by atoms with Crippen molar-refractivity contribution >= 4 is 0 Å². The van der Waals surface area contributed by atoms with Gasteiger partial charge in [0.15, 0.2) is 0 Å². The van der Waals surface area contributed by atoms with Gasteiger partial charge in [-0.1, -0.05) is 60.7 Å². The molecule has 0 fully saturated rings. The third-order valence-electron chi connectivity index (χ3n) is 5.04. The standard InChI is InChI=1S/C24H35NO2/c1-19(2)25(20(3)4)17-15-24(22-13-9-6-10-14-22)27-18-16-23(26)21-11-7-5-8-12-21/h5-14,19-20,23-24,26H,15-18H2,1-4H3. The van der Waals surface area contributed by atoms with Crippen LogP contribution < -0.4 is 0 Å². The highest BCUT2D eigenvalue weighted by Gasteiger charge is 2.18. The Hall–Kier alpha value is -1.68. The zero-order chi connectivity index (χ0) is 19.6. The number of aliphatic hydroxyl groups is 1. The third kappa shape index (κ3) is 7.10. The molecule has 0 saturated carbocycles. The smallest absolute Gasteiger partial charge is 0.0837 e. The SMILES string of the molecule is CC(C)N(CCC(OCCC(O)c1ccccc1)c1ccccc1)C(C)C. The van der Waals surface area contributed by atoms with E-state index in [1.165, 1.54) is 5.56 Å². The molecule has 0 aliphatic rings. The Morgan fingerprint density at radius 2 is 1.30 bits per heavy atom. The summed E-state index contributed by atoms with van der Waals surface area (Å²) in [4.78, 5) is 2.50. The van der Waals surface area contributed by atoms with E-state index in [0.717, 1.165) is 18.5 Å². The fraction of sp³-hybridized carbons (Fsp3) is 0.500. The van der Waals surface area contributed by atoms with Crippen molar-refractivity contribution in [1.82, 2.24) is 4.90 Å². The first kappa shape index (κ1) is 21.6. The average molecular weight is 370 g/mol. The zero-order valence-corrected chi connectivity index (χ0v) is 17.2. The first-order chi connectivity index (χ1) is 13.0. The zero-order valence-electron chi connectivity index (χ0n) is 17.2. The van der Waals surface area contributed by atoms with Crippen LogP contribution in [0.5, 0.6) is 0 Å². The van der Waals surface area contributed by atoms with Gasteiger partial charge < -0.3 is 9.84 Å². The van der Waals surface area contributed by atoms with Crippen LogP contribution in [0, 0.1) is 0 Å². The van der Waals surface area contributed by atoms with E-state index in [-0.39, 0.29) is 6.10 Å². The van der Waals surface area contributed by atoms with Gasteiger partial charge in [-0.05, 0) is 45.2 Å². The van der Waals surface area contributed by atoms with E-state index in [0.29, 0.717) is 25.1 Å². The summed E-state index contributed by atoms with van der Waals surface area (Å²) in [5, 5.41) is 10.4. The molecular formula is C24H35NO2. The molecule has 0 amide bonds. The highest BCUT2D eigenvalue weighted by molar-refractivity contribution is 5.18. The Balaban J connectivity index is 1.94.